The minimum atomic E-state index is -0.169. The number of Topliss-reactive ketones (excluding diaryl/α,β-unsaturated/α-hetero) is 1. The van der Waals surface area contributed by atoms with Crippen LogP contribution in [0.25, 0.3) is 0 Å². The summed E-state index contributed by atoms with van der Waals surface area (Å²) in [5, 5.41) is 0. The topological polar surface area (TPSA) is 37.4 Å². The molecule has 1 amide bonds. The van der Waals surface area contributed by atoms with Gasteiger partial charge in [0.05, 0.1) is 6.04 Å². The number of nitrogens with zero attached hydrogens (tertiary/aromatic N) is 1. The molecule has 2 unspecified atom stereocenters. The lowest BCUT2D eigenvalue weighted by Crippen LogP contribution is -2.47. The Kier molecular flexibility index (Phi) is 2.01. The number of hydrogen-bond donors (Lipinski definition) is 0. The van der Waals surface area contributed by atoms with E-state index >= 15 is 0 Å². The number of amides is 1. The highest BCUT2D eigenvalue weighted by Crippen LogP contribution is 2.67. The van der Waals surface area contributed by atoms with Crippen LogP contribution in [0.5, 0.6) is 0 Å². The Hall–Kier alpha value is -0.860. The highest BCUT2D eigenvalue weighted by Gasteiger charge is 2.71. The Balaban J connectivity index is 2.32. The fourth-order valence-electron chi connectivity index (χ4n) is 3.77. The Bertz CT molecular complexity index is 335. The second-order valence-electron chi connectivity index (χ2n) is 5.60. The summed E-state index contributed by atoms with van der Waals surface area (Å²) >= 11 is 0. The Labute approximate surface area is 90.8 Å². The van der Waals surface area contributed by atoms with Gasteiger partial charge >= 0.3 is 0 Å². The molecule has 1 aliphatic heterocycles. The zero-order chi connectivity index (χ0) is 11.5. The van der Waals surface area contributed by atoms with Crippen LogP contribution in [-0.2, 0) is 9.59 Å². The first-order valence-electron chi connectivity index (χ1n) is 5.59. The van der Waals surface area contributed by atoms with Gasteiger partial charge < -0.3 is 4.90 Å². The first-order valence-corrected chi connectivity index (χ1v) is 5.59. The number of carbonyl (C=O) groups is 2. The monoisotopic (exact) mass is 209 g/mol. The van der Waals surface area contributed by atoms with Crippen LogP contribution in [0, 0.1) is 17.3 Å². The fraction of sp³-hybridized carbons (Fsp3) is 0.833. The van der Waals surface area contributed by atoms with Crippen molar-refractivity contribution >= 4 is 11.7 Å². The van der Waals surface area contributed by atoms with Crippen molar-refractivity contribution in [3.8, 4) is 0 Å². The van der Waals surface area contributed by atoms with E-state index in [-0.39, 0.29) is 29.2 Å². The lowest BCUT2D eigenvalue weighted by molar-refractivity contribution is -0.139. The molecule has 3 nitrogen and oxygen atoms in total. The van der Waals surface area contributed by atoms with E-state index in [4.69, 9.17) is 0 Å². The van der Waals surface area contributed by atoms with Crippen molar-refractivity contribution in [3.63, 3.8) is 0 Å². The Morgan fingerprint density at radius 3 is 2.07 bits per heavy atom. The smallest absolute Gasteiger partial charge is 0.220 e. The van der Waals surface area contributed by atoms with Gasteiger partial charge in [0.2, 0.25) is 5.91 Å². The van der Waals surface area contributed by atoms with Crippen molar-refractivity contribution in [2.24, 2.45) is 17.3 Å². The van der Waals surface area contributed by atoms with Crippen molar-refractivity contribution in [2.75, 3.05) is 0 Å². The summed E-state index contributed by atoms with van der Waals surface area (Å²) in [7, 11) is 0. The lowest BCUT2D eigenvalue weighted by Gasteiger charge is -2.32. The zero-order valence-corrected chi connectivity index (χ0v) is 10.1. The molecule has 0 aromatic heterocycles. The van der Waals surface area contributed by atoms with E-state index in [9.17, 15) is 9.59 Å². The van der Waals surface area contributed by atoms with E-state index < -0.39 is 0 Å². The normalized spacial score (nSPS) is 41.3. The van der Waals surface area contributed by atoms with Crippen LogP contribution in [-0.4, -0.2) is 28.7 Å². The average Bonchev–Trinajstić information content (AvgIpc) is 2.50. The second kappa shape index (κ2) is 2.83. The molecule has 2 fully saturated rings. The lowest BCUT2D eigenvalue weighted by atomic mass is 9.97. The number of piperidine rings is 1. The maximum Gasteiger partial charge on any atom is 0.220 e. The van der Waals surface area contributed by atoms with Crippen LogP contribution in [0.2, 0.25) is 0 Å². The van der Waals surface area contributed by atoms with Crippen molar-refractivity contribution in [3.05, 3.63) is 0 Å². The summed E-state index contributed by atoms with van der Waals surface area (Å²) in [6, 6.07) is 0.0499. The van der Waals surface area contributed by atoms with Crippen LogP contribution in [0.3, 0.4) is 0 Å². The zero-order valence-electron chi connectivity index (χ0n) is 10.1. The first-order chi connectivity index (χ1) is 6.80. The van der Waals surface area contributed by atoms with E-state index in [0.717, 1.165) is 0 Å². The molecule has 0 aromatic rings. The molecule has 4 atom stereocenters. The summed E-state index contributed by atoms with van der Waals surface area (Å²) in [4.78, 5) is 24.9. The number of fused-ring (bicyclic) bond motifs is 1. The van der Waals surface area contributed by atoms with Crippen molar-refractivity contribution in [1.82, 2.24) is 4.90 Å². The van der Waals surface area contributed by atoms with E-state index in [1.807, 2.05) is 0 Å². The number of ketones is 1. The molecule has 1 saturated carbocycles. The number of likely N-dealkylation sites (tertiary alicyclic amines) is 1. The van der Waals surface area contributed by atoms with E-state index in [2.05, 4.69) is 20.8 Å². The van der Waals surface area contributed by atoms with Gasteiger partial charge in [0.1, 0.15) is 0 Å². The van der Waals surface area contributed by atoms with Crippen LogP contribution >= 0.6 is 0 Å². The van der Waals surface area contributed by atoms with Gasteiger partial charge in [-0.25, -0.2) is 0 Å². The van der Waals surface area contributed by atoms with Gasteiger partial charge in [0, 0.05) is 13.0 Å². The summed E-state index contributed by atoms with van der Waals surface area (Å²) < 4.78 is 0. The molecule has 3 heteroatoms. The third-order valence-corrected chi connectivity index (χ3v) is 4.37. The fourth-order valence-corrected chi connectivity index (χ4v) is 3.77. The standard InChI is InChI=1S/C12H19NO2/c1-6-9-10(12(9,4)5)11(7(2)14)13(6)8(3)15/h6,9-11H,1-5H3/t6?,9?,10-,11+/m0/s1. The predicted octanol–water partition coefficient (Wildman–Crippen LogP) is 1.47. The van der Waals surface area contributed by atoms with Crippen LogP contribution in [0.15, 0.2) is 0 Å². The van der Waals surface area contributed by atoms with Crippen LogP contribution < -0.4 is 0 Å². The summed E-state index contributed by atoms with van der Waals surface area (Å²) in [6.07, 6.45) is 0. The highest BCUT2D eigenvalue weighted by atomic mass is 16.2. The van der Waals surface area contributed by atoms with Crippen molar-refractivity contribution in [2.45, 2.75) is 46.7 Å². The van der Waals surface area contributed by atoms with E-state index in [0.29, 0.717) is 11.8 Å². The Morgan fingerprint density at radius 2 is 1.67 bits per heavy atom. The molecule has 0 spiro atoms. The minimum absolute atomic E-state index is 0.0331. The van der Waals surface area contributed by atoms with Gasteiger partial charge in [-0.2, -0.15) is 0 Å². The maximum absolute atomic E-state index is 11.6. The summed E-state index contributed by atoms with van der Waals surface area (Å²) in [6.45, 7) is 9.63. The molecular weight excluding hydrogens is 190 g/mol. The summed E-state index contributed by atoms with van der Waals surface area (Å²) in [5.74, 6) is 1.06. The van der Waals surface area contributed by atoms with Gasteiger partial charge in [0.25, 0.3) is 0 Å². The molecule has 2 rings (SSSR count). The van der Waals surface area contributed by atoms with Crippen molar-refractivity contribution < 1.29 is 9.59 Å². The SMILES string of the molecule is CC(=O)[C@@H]1[C@@H]2C(C(C)N1C(C)=O)C2(C)C. The molecule has 2 aliphatic rings. The largest absolute Gasteiger partial charge is 0.330 e. The second-order valence-corrected chi connectivity index (χ2v) is 5.60. The quantitative estimate of drug-likeness (QED) is 0.655. The van der Waals surface area contributed by atoms with Crippen molar-refractivity contribution in [1.29, 1.82) is 0 Å². The molecule has 15 heavy (non-hydrogen) atoms. The average molecular weight is 209 g/mol. The maximum atomic E-state index is 11.6. The van der Waals surface area contributed by atoms with E-state index in [1.54, 1.807) is 18.7 Å². The van der Waals surface area contributed by atoms with Gasteiger partial charge in [-0.1, -0.05) is 13.8 Å². The number of hydrogen-bond acceptors (Lipinski definition) is 2. The molecule has 0 bridgehead atoms. The summed E-state index contributed by atoms with van der Waals surface area (Å²) in [5.41, 5.74) is 0.238. The van der Waals surface area contributed by atoms with Crippen LogP contribution in [0.4, 0.5) is 0 Å². The molecule has 0 N–H and O–H groups in total. The molecule has 84 valence electrons. The van der Waals surface area contributed by atoms with Gasteiger partial charge in [-0.05, 0) is 31.1 Å². The molecule has 1 aliphatic carbocycles. The third kappa shape index (κ3) is 1.18. The van der Waals surface area contributed by atoms with Crippen LogP contribution in [0.1, 0.15) is 34.6 Å². The predicted molar refractivity (Wildman–Crippen MR) is 57.2 cm³/mol. The molecule has 0 radical (unpaired) electrons. The van der Waals surface area contributed by atoms with Gasteiger partial charge in [-0.3, -0.25) is 9.59 Å². The molecule has 1 saturated heterocycles. The Morgan fingerprint density at radius 1 is 1.13 bits per heavy atom. The molecule has 1 heterocycles. The molecular formula is C12H19NO2. The highest BCUT2D eigenvalue weighted by molar-refractivity contribution is 5.89. The first kappa shape index (κ1) is 10.7. The van der Waals surface area contributed by atoms with E-state index in [1.165, 1.54) is 0 Å². The third-order valence-electron chi connectivity index (χ3n) is 4.37. The number of rotatable bonds is 1. The van der Waals surface area contributed by atoms with Gasteiger partial charge in [0.15, 0.2) is 5.78 Å². The molecule has 0 aromatic carbocycles. The van der Waals surface area contributed by atoms with Gasteiger partial charge in [-0.15, -0.1) is 0 Å². The number of carbonyl (C=O) groups excluding carboxylic acids is 2. The minimum Gasteiger partial charge on any atom is -0.330 e.